The van der Waals surface area contributed by atoms with E-state index < -0.39 is 0 Å². The second-order valence-electron chi connectivity index (χ2n) is 3.66. The summed E-state index contributed by atoms with van der Waals surface area (Å²) in [6, 6.07) is 5.62. The third-order valence-corrected chi connectivity index (χ3v) is 3.01. The molecule has 0 bridgehead atoms. The van der Waals surface area contributed by atoms with Crippen LogP contribution in [0.4, 0.5) is 0 Å². The molecule has 4 nitrogen and oxygen atoms in total. The summed E-state index contributed by atoms with van der Waals surface area (Å²) in [6.45, 7) is 2.88. The molecule has 1 N–H and O–H groups in total. The average Bonchev–Trinajstić information content (AvgIpc) is 2.81. The fourth-order valence-corrected chi connectivity index (χ4v) is 2.12. The first-order valence-electron chi connectivity index (χ1n) is 5.57. The molecule has 1 atom stereocenters. The Hall–Kier alpha value is -1.39. The van der Waals surface area contributed by atoms with Gasteiger partial charge in [-0.25, -0.2) is 0 Å². The number of hydrogen-bond donors (Lipinski definition) is 1. The minimum absolute atomic E-state index is 0.0360. The van der Waals surface area contributed by atoms with E-state index in [-0.39, 0.29) is 6.04 Å². The van der Waals surface area contributed by atoms with Gasteiger partial charge in [0.15, 0.2) is 0 Å². The van der Waals surface area contributed by atoms with Crippen molar-refractivity contribution in [1.29, 1.82) is 0 Å². The van der Waals surface area contributed by atoms with Crippen molar-refractivity contribution in [1.82, 2.24) is 20.1 Å². The molecule has 0 aliphatic heterocycles. The van der Waals surface area contributed by atoms with E-state index >= 15 is 0 Å². The number of nitrogens with zero attached hydrogens (tertiary/aromatic N) is 3. The van der Waals surface area contributed by atoms with Gasteiger partial charge in [-0.1, -0.05) is 11.6 Å². The summed E-state index contributed by atoms with van der Waals surface area (Å²) in [4.78, 5) is 4.35. The number of aromatic nitrogens is 3. The molecular formula is C12H15ClN4. The van der Waals surface area contributed by atoms with Crippen molar-refractivity contribution in [3.63, 3.8) is 0 Å². The molecule has 5 heteroatoms. The molecule has 0 aliphatic carbocycles. The van der Waals surface area contributed by atoms with Crippen LogP contribution in [0.5, 0.6) is 0 Å². The van der Waals surface area contributed by atoms with Gasteiger partial charge >= 0.3 is 0 Å². The Morgan fingerprint density at radius 1 is 1.41 bits per heavy atom. The van der Waals surface area contributed by atoms with Gasteiger partial charge in [-0.3, -0.25) is 9.67 Å². The molecule has 0 saturated carbocycles. The number of hydrogen-bond acceptors (Lipinski definition) is 3. The van der Waals surface area contributed by atoms with Crippen molar-refractivity contribution < 1.29 is 0 Å². The molecular weight excluding hydrogens is 236 g/mol. The molecule has 0 aromatic carbocycles. The predicted octanol–water partition coefficient (Wildman–Crippen LogP) is 2.26. The summed E-state index contributed by atoms with van der Waals surface area (Å²) in [5.74, 6) is 0. The molecule has 0 radical (unpaired) electrons. The Kier molecular flexibility index (Phi) is 3.76. The molecule has 17 heavy (non-hydrogen) atoms. The van der Waals surface area contributed by atoms with E-state index in [9.17, 15) is 0 Å². The van der Waals surface area contributed by atoms with Gasteiger partial charge < -0.3 is 5.32 Å². The van der Waals surface area contributed by atoms with Crippen LogP contribution in [0.3, 0.4) is 0 Å². The van der Waals surface area contributed by atoms with Crippen LogP contribution in [0.15, 0.2) is 30.6 Å². The molecule has 2 aromatic rings. The zero-order valence-corrected chi connectivity index (χ0v) is 10.6. The van der Waals surface area contributed by atoms with E-state index in [2.05, 4.69) is 22.3 Å². The van der Waals surface area contributed by atoms with Gasteiger partial charge in [0, 0.05) is 18.9 Å². The maximum absolute atomic E-state index is 6.18. The Morgan fingerprint density at radius 2 is 2.24 bits per heavy atom. The first-order chi connectivity index (χ1) is 8.27. The maximum atomic E-state index is 6.18. The third-order valence-electron chi connectivity index (χ3n) is 2.69. The summed E-state index contributed by atoms with van der Waals surface area (Å²) >= 11 is 6.18. The van der Waals surface area contributed by atoms with Crippen molar-refractivity contribution in [2.45, 2.75) is 19.5 Å². The predicted molar refractivity (Wildman–Crippen MR) is 68.1 cm³/mol. The van der Waals surface area contributed by atoms with Gasteiger partial charge in [-0.2, -0.15) is 5.10 Å². The van der Waals surface area contributed by atoms with Crippen LogP contribution in [0.25, 0.3) is 0 Å². The first kappa shape index (κ1) is 12.1. The lowest BCUT2D eigenvalue weighted by Gasteiger charge is -2.17. The normalized spacial score (nSPS) is 12.6. The second kappa shape index (κ2) is 5.29. The van der Waals surface area contributed by atoms with Crippen LogP contribution in [-0.2, 0) is 6.54 Å². The summed E-state index contributed by atoms with van der Waals surface area (Å²) in [7, 11) is 1.89. The van der Waals surface area contributed by atoms with Gasteiger partial charge in [0.2, 0.25) is 0 Å². The summed E-state index contributed by atoms with van der Waals surface area (Å²) in [5, 5.41) is 8.16. The zero-order chi connectivity index (χ0) is 12.3. The van der Waals surface area contributed by atoms with E-state index in [0.717, 1.165) is 17.9 Å². The summed E-state index contributed by atoms with van der Waals surface area (Å²) < 4.78 is 1.94. The largest absolute Gasteiger partial charge is 0.307 e. The number of rotatable bonds is 4. The number of pyridine rings is 1. The Labute approximate surface area is 106 Å². The van der Waals surface area contributed by atoms with Crippen LogP contribution in [0.1, 0.15) is 24.4 Å². The first-order valence-corrected chi connectivity index (χ1v) is 5.95. The fraction of sp³-hybridized carbons (Fsp3) is 0.333. The highest BCUT2D eigenvalue weighted by Gasteiger charge is 2.19. The standard InChI is InChI=1S/C12H15ClN4/c1-3-17-10(6-8-16-17)12(14-2)11-9(13)5-4-7-15-11/h4-8,12,14H,3H2,1-2H3. The summed E-state index contributed by atoms with van der Waals surface area (Å²) in [6.07, 6.45) is 3.54. The number of aryl methyl sites for hydroxylation is 1. The highest BCUT2D eigenvalue weighted by atomic mass is 35.5. The molecule has 0 amide bonds. The van der Waals surface area contributed by atoms with Crippen molar-refractivity contribution in [2.24, 2.45) is 0 Å². The topological polar surface area (TPSA) is 42.7 Å². The molecule has 2 rings (SSSR count). The lowest BCUT2D eigenvalue weighted by atomic mass is 10.1. The number of halogens is 1. The van der Waals surface area contributed by atoms with Crippen LogP contribution in [0.2, 0.25) is 5.02 Å². The molecule has 2 aromatic heterocycles. The van der Waals surface area contributed by atoms with E-state index in [0.29, 0.717) is 5.02 Å². The van der Waals surface area contributed by atoms with Crippen LogP contribution < -0.4 is 5.32 Å². The molecule has 0 spiro atoms. The Balaban J connectivity index is 2.44. The Morgan fingerprint density at radius 3 is 2.88 bits per heavy atom. The SMILES string of the molecule is CCn1nccc1C(NC)c1ncccc1Cl. The third kappa shape index (κ3) is 2.33. The fourth-order valence-electron chi connectivity index (χ4n) is 1.89. The zero-order valence-electron chi connectivity index (χ0n) is 9.89. The monoisotopic (exact) mass is 250 g/mol. The van der Waals surface area contributed by atoms with Crippen LogP contribution >= 0.6 is 11.6 Å². The quantitative estimate of drug-likeness (QED) is 0.905. The molecule has 2 heterocycles. The van der Waals surface area contributed by atoms with Gasteiger partial charge in [-0.15, -0.1) is 0 Å². The molecule has 1 unspecified atom stereocenters. The smallest absolute Gasteiger partial charge is 0.0934 e. The van der Waals surface area contributed by atoms with Gasteiger partial charge in [0.1, 0.15) is 0 Å². The van der Waals surface area contributed by atoms with E-state index in [1.807, 2.05) is 29.9 Å². The van der Waals surface area contributed by atoms with Crippen LogP contribution in [0, 0.1) is 0 Å². The van der Waals surface area contributed by atoms with E-state index in [1.54, 1.807) is 12.4 Å². The van der Waals surface area contributed by atoms with E-state index in [1.165, 1.54) is 0 Å². The van der Waals surface area contributed by atoms with Gasteiger partial charge in [-0.05, 0) is 32.2 Å². The van der Waals surface area contributed by atoms with Crippen molar-refractivity contribution in [2.75, 3.05) is 7.05 Å². The second-order valence-corrected chi connectivity index (χ2v) is 4.07. The lowest BCUT2D eigenvalue weighted by molar-refractivity contribution is 0.556. The summed E-state index contributed by atoms with van der Waals surface area (Å²) in [5.41, 5.74) is 1.89. The molecule has 0 aliphatic rings. The molecule has 0 saturated heterocycles. The van der Waals surface area contributed by atoms with Crippen molar-refractivity contribution >= 4 is 11.6 Å². The van der Waals surface area contributed by atoms with Gasteiger partial charge in [0.25, 0.3) is 0 Å². The number of nitrogens with one attached hydrogen (secondary N) is 1. The molecule has 90 valence electrons. The highest BCUT2D eigenvalue weighted by molar-refractivity contribution is 6.31. The van der Waals surface area contributed by atoms with Crippen molar-refractivity contribution in [3.05, 3.63) is 47.0 Å². The molecule has 0 fully saturated rings. The minimum Gasteiger partial charge on any atom is -0.307 e. The minimum atomic E-state index is -0.0360. The van der Waals surface area contributed by atoms with E-state index in [4.69, 9.17) is 11.6 Å². The Bertz CT molecular complexity index is 495. The maximum Gasteiger partial charge on any atom is 0.0934 e. The lowest BCUT2D eigenvalue weighted by Crippen LogP contribution is -2.22. The van der Waals surface area contributed by atoms with Crippen LogP contribution in [-0.4, -0.2) is 21.8 Å². The highest BCUT2D eigenvalue weighted by Crippen LogP contribution is 2.25. The van der Waals surface area contributed by atoms with Crippen molar-refractivity contribution in [3.8, 4) is 0 Å². The average molecular weight is 251 g/mol. The van der Waals surface area contributed by atoms with Gasteiger partial charge in [0.05, 0.1) is 22.5 Å².